The minimum absolute atomic E-state index is 0.911. The normalized spacial score (nSPS) is 11.4. The number of methoxy groups -OCH3 is 1. The number of aromatic amines is 1. The van der Waals surface area contributed by atoms with Crippen molar-refractivity contribution in [1.82, 2.24) is 14.5 Å². The maximum absolute atomic E-state index is 5.48. The van der Waals surface area contributed by atoms with Crippen molar-refractivity contribution in [2.45, 2.75) is 6.92 Å². The van der Waals surface area contributed by atoms with Crippen LogP contribution in [0.3, 0.4) is 0 Å². The van der Waals surface area contributed by atoms with Crippen molar-refractivity contribution in [2.24, 2.45) is 7.05 Å². The van der Waals surface area contributed by atoms with Gasteiger partial charge < -0.3 is 14.3 Å². The number of aryl methyl sites for hydroxylation is 2. The second-order valence-corrected chi connectivity index (χ2v) is 5.62. The smallest absolute Gasteiger partial charge is 0.137 e. The molecule has 0 aliphatic heterocycles. The van der Waals surface area contributed by atoms with Crippen molar-refractivity contribution in [3.05, 3.63) is 48.3 Å². The first-order chi connectivity index (χ1) is 10.7. The molecule has 0 aliphatic carbocycles. The number of nitrogens with one attached hydrogen (secondary N) is 1. The van der Waals surface area contributed by atoms with E-state index in [0.29, 0.717) is 0 Å². The maximum Gasteiger partial charge on any atom is 0.137 e. The number of aromatic nitrogens is 3. The van der Waals surface area contributed by atoms with E-state index in [1.54, 1.807) is 13.3 Å². The van der Waals surface area contributed by atoms with Gasteiger partial charge in [0.1, 0.15) is 11.4 Å². The molecule has 0 saturated heterocycles. The highest BCUT2D eigenvalue weighted by atomic mass is 16.5. The van der Waals surface area contributed by atoms with Crippen LogP contribution < -0.4 is 4.74 Å². The molecule has 0 amide bonds. The first-order valence-corrected chi connectivity index (χ1v) is 7.25. The molecule has 0 radical (unpaired) electrons. The molecule has 0 fully saturated rings. The van der Waals surface area contributed by atoms with Crippen LogP contribution in [0.5, 0.6) is 5.75 Å². The van der Waals surface area contributed by atoms with E-state index in [0.717, 1.165) is 33.6 Å². The summed E-state index contributed by atoms with van der Waals surface area (Å²) >= 11 is 0. The van der Waals surface area contributed by atoms with Crippen molar-refractivity contribution in [3.63, 3.8) is 0 Å². The van der Waals surface area contributed by atoms with Gasteiger partial charge in [-0.05, 0) is 42.8 Å². The average molecular weight is 291 g/mol. The Morgan fingerprint density at radius 3 is 2.86 bits per heavy atom. The van der Waals surface area contributed by atoms with Gasteiger partial charge in [-0.1, -0.05) is 0 Å². The Bertz CT molecular complexity index is 961. The van der Waals surface area contributed by atoms with E-state index in [2.05, 4.69) is 59.0 Å². The highest BCUT2D eigenvalue weighted by Crippen LogP contribution is 2.35. The number of nitrogens with zero attached hydrogens (tertiary/aromatic N) is 2. The third-order valence-corrected chi connectivity index (χ3v) is 4.19. The molecular weight excluding hydrogens is 274 g/mol. The van der Waals surface area contributed by atoms with Gasteiger partial charge >= 0.3 is 0 Å². The van der Waals surface area contributed by atoms with Crippen LogP contribution in [0.15, 0.2) is 42.7 Å². The van der Waals surface area contributed by atoms with Crippen molar-refractivity contribution in [1.29, 1.82) is 0 Å². The van der Waals surface area contributed by atoms with Crippen molar-refractivity contribution < 1.29 is 4.74 Å². The van der Waals surface area contributed by atoms with Crippen LogP contribution in [-0.4, -0.2) is 21.6 Å². The largest absolute Gasteiger partial charge is 0.496 e. The Kier molecular flexibility index (Phi) is 2.73. The number of benzene rings is 1. The molecule has 22 heavy (non-hydrogen) atoms. The number of hydrogen-bond donors (Lipinski definition) is 1. The molecule has 1 aromatic carbocycles. The highest BCUT2D eigenvalue weighted by molar-refractivity contribution is 5.98. The summed E-state index contributed by atoms with van der Waals surface area (Å²) in [7, 11) is 3.78. The average Bonchev–Trinajstić information content (AvgIpc) is 3.08. The molecule has 0 atom stereocenters. The Morgan fingerprint density at radius 1 is 1.23 bits per heavy atom. The zero-order chi connectivity index (χ0) is 15.3. The van der Waals surface area contributed by atoms with Gasteiger partial charge in [-0.3, -0.25) is 0 Å². The summed E-state index contributed by atoms with van der Waals surface area (Å²) < 4.78 is 7.63. The van der Waals surface area contributed by atoms with Crippen LogP contribution in [0.25, 0.3) is 33.2 Å². The summed E-state index contributed by atoms with van der Waals surface area (Å²) in [5.74, 6) is 0.911. The molecule has 4 heteroatoms. The fourth-order valence-electron chi connectivity index (χ4n) is 3.05. The van der Waals surface area contributed by atoms with Crippen LogP contribution in [-0.2, 0) is 7.05 Å². The second-order valence-electron chi connectivity index (χ2n) is 5.62. The standard InChI is InChI=1S/C18H17N3O/c1-11-7-16-13(9-17(11)22-3)14(10-21(16)2)15-8-12-5-4-6-19-18(12)20-15/h4-10H,1-3H3,(H,19,20). The molecule has 4 nitrogen and oxygen atoms in total. The number of ether oxygens (including phenoxy) is 1. The highest BCUT2D eigenvalue weighted by Gasteiger charge is 2.13. The number of hydrogen-bond acceptors (Lipinski definition) is 2. The minimum atomic E-state index is 0.911. The van der Waals surface area contributed by atoms with E-state index < -0.39 is 0 Å². The van der Waals surface area contributed by atoms with Gasteiger partial charge in [-0.15, -0.1) is 0 Å². The Morgan fingerprint density at radius 2 is 2.09 bits per heavy atom. The molecule has 3 aromatic heterocycles. The van der Waals surface area contributed by atoms with Gasteiger partial charge in [0.25, 0.3) is 0 Å². The van der Waals surface area contributed by atoms with Crippen LogP contribution in [0.1, 0.15) is 5.56 Å². The van der Waals surface area contributed by atoms with Gasteiger partial charge in [-0.25, -0.2) is 4.98 Å². The molecule has 0 aliphatic rings. The van der Waals surface area contributed by atoms with Crippen molar-refractivity contribution in [3.8, 4) is 17.0 Å². The zero-order valence-electron chi connectivity index (χ0n) is 12.8. The third kappa shape index (κ3) is 1.80. The van der Waals surface area contributed by atoms with Crippen LogP contribution >= 0.6 is 0 Å². The minimum Gasteiger partial charge on any atom is -0.496 e. The Labute approximate surface area is 128 Å². The van der Waals surface area contributed by atoms with Gasteiger partial charge in [-0.2, -0.15) is 0 Å². The van der Waals surface area contributed by atoms with Gasteiger partial charge in [0.2, 0.25) is 0 Å². The first kappa shape index (κ1) is 13.0. The SMILES string of the molecule is COc1cc2c(-c3cc4cccnc4[nH]3)cn(C)c2cc1C. The van der Waals surface area contributed by atoms with Crippen LogP contribution in [0.2, 0.25) is 0 Å². The fraction of sp³-hybridized carbons (Fsp3) is 0.167. The summed E-state index contributed by atoms with van der Waals surface area (Å²) in [6, 6.07) is 10.4. The fourth-order valence-corrected chi connectivity index (χ4v) is 3.05. The van der Waals surface area contributed by atoms with Gasteiger partial charge in [0.15, 0.2) is 0 Å². The Hall–Kier alpha value is -2.75. The lowest BCUT2D eigenvalue weighted by atomic mass is 10.1. The molecule has 0 spiro atoms. The molecule has 3 heterocycles. The maximum atomic E-state index is 5.48. The quantitative estimate of drug-likeness (QED) is 0.605. The summed E-state index contributed by atoms with van der Waals surface area (Å²) in [4.78, 5) is 7.78. The first-order valence-electron chi connectivity index (χ1n) is 7.25. The molecule has 4 aromatic rings. The summed E-state index contributed by atoms with van der Waals surface area (Å²) in [6.45, 7) is 2.07. The Balaban J connectivity index is 2.01. The predicted molar refractivity (Wildman–Crippen MR) is 89.3 cm³/mol. The van der Waals surface area contributed by atoms with Crippen LogP contribution in [0.4, 0.5) is 0 Å². The number of H-pyrrole nitrogens is 1. The lowest BCUT2D eigenvalue weighted by Crippen LogP contribution is -1.89. The number of pyridine rings is 1. The van der Waals surface area contributed by atoms with E-state index in [9.17, 15) is 0 Å². The lowest BCUT2D eigenvalue weighted by Gasteiger charge is -2.06. The molecule has 0 bridgehead atoms. The molecule has 0 saturated carbocycles. The van der Waals surface area contributed by atoms with Crippen molar-refractivity contribution in [2.75, 3.05) is 7.11 Å². The van der Waals surface area contributed by atoms with E-state index in [-0.39, 0.29) is 0 Å². The van der Waals surface area contributed by atoms with Crippen LogP contribution in [0, 0.1) is 6.92 Å². The zero-order valence-corrected chi connectivity index (χ0v) is 12.8. The molecule has 4 rings (SSSR count). The second kappa shape index (κ2) is 4.63. The van der Waals surface area contributed by atoms with E-state index in [1.165, 1.54) is 10.9 Å². The molecule has 0 unspecified atom stereocenters. The molecular formula is C18H17N3O. The van der Waals surface area contributed by atoms with E-state index in [1.807, 2.05) is 6.07 Å². The topological polar surface area (TPSA) is 42.8 Å². The number of fused-ring (bicyclic) bond motifs is 2. The molecule has 1 N–H and O–H groups in total. The number of rotatable bonds is 2. The summed E-state index contributed by atoms with van der Waals surface area (Å²) in [5, 5.41) is 2.30. The monoisotopic (exact) mass is 291 g/mol. The van der Waals surface area contributed by atoms with Gasteiger partial charge in [0.05, 0.1) is 7.11 Å². The van der Waals surface area contributed by atoms with E-state index in [4.69, 9.17) is 4.74 Å². The lowest BCUT2D eigenvalue weighted by molar-refractivity contribution is 0.412. The van der Waals surface area contributed by atoms with E-state index >= 15 is 0 Å². The third-order valence-electron chi connectivity index (χ3n) is 4.19. The predicted octanol–water partition coefficient (Wildman–Crippen LogP) is 4.04. The summed E-state index contributed by atoms with van der Waals surface area (Å²) in [6.07, 6.45) is 3.95. The molecule has 110 valence electrons. The van der Waals surface area contributed by atoms with Crippen molar-refractivity contribution >= 4 is 21.9 Å². The van der Waals surface area contributed by atoms with Gasteiger partial charge in [0, 0.05) is 47.0 Å². The summed E-state index contributed by atoms with van der Waals surface area (Å²) in [5.41, 5.74) is 5.48.